The van der Waals surface area contributed by atoms with E-state index < -0.39 is 12.1 Å². The first kappa shape index (κ1) is 23.4. The van der Waals surface area contributed by atoms with Crippen molar-refractivity contribution >= 4 is 34.3 Å². The normalized spacial score (nSPS) is 17.8. The zero-order valence-corrected chi connectivity index (χ0v) is 20.1. The molecule has 2 N–H and O–H groups in total. The molecule has 8 heteroatoms. The van der Waals surface area contributed by atoms with Crippen LogP contribution in [0.2, 0.25) is 0 Å². The first-order valence-electron chi connectivity index (χ1n) is 12.5. The Kier molecular flexibility index (Phi) is 6.99. The summed E-state index contributed by atoms with van der Waals surface area (Å²) in [5.41, 5.74) is 3.52. The highest BCUT2D eigenvalue weighted by Gasteiger charge is 2.30. The van der Waals surface area contributed by atoms with Gasteiger partial charge < -0.3 is 24.7 Å². The zero-order chi connectivity index (χ0) is 24.2. The minimum atomic E-state index is -0.513. The number of hydrogen-bond donors (Lipinski definition) is 2. The fraction of sp³-hybridized carbons (Fsp3) is 0.444. The molecule has 1 aliphatic carbocycles. The van der Waals surface area contributed by atoms with Crippen molar-refractivity contribution in [3.63, 3.8) is 0 Å². The second kappa shape index (κ2) is 10.5. The van der Waals surface area contributed by atoms with E-state index in [1.165, 1.54) is 19.1 Å². The van der Waals surface area contributed by atoms with Crippen LogP contribution in [-0.4, -0.2) is 47.3 Å². The van der Waals surface area contributed by atoms with E-state index in [4.69, 9.17) is 14.5 Å². The Bertz CT molecular complexity index is 1200. The van der Waals surface area contributed by atoms with Gasteiger partial charge in [0.15, 0.2) is 5.69 Å². The molecule has 0 spiro atoms. The molecule has 0 unspecified atom stereocenters. The molecule has 1 atom stereocenters. The maximum absolute atomic E-state index is 13.0. The van der Waals surface area contributed by atoms with Crippen LogP contribution in [0, 0.1) is 0 Å². The van der Waals surface area contributed by atoms with Crippen LogP contribution in [-0.2, 0) is 27.2 Å². The highest BCUT2D eigenvalue weighted by atomic mass is 16.5. The van der Waals surface area contributed by atoms with Gasteiger partial charge in [-0.25, -0.2) is 9.78 Å². The van der Waals surface area contributed by atoms with Crippen molar-refractivity contribution in [2.45, 2.75) is 63.6 Å². The van der Waals surface area contributed by atoms with E-state index >= 15 is 0 Å². The molecule has 1 saturated carbocycles. The molecule has 0 radical (unpaired) electrons. The molecule has 1 amide bonds. The van der Waals surface area contributed by atoms with Crippen molar-refractivity contribution < 1.29 is 19.1 Å². The van der Waals surface area contributed by atoms with Crippen LogP contribution in [0.15, 0.2) is 42.6 Å². The highest BCUT2D eigenvalue weighted by Crippen LogP contribution is 2.34. The number of nitrogens with zero attached hydrogens (tertiary/aromatic N) is 2. The number of carbonyl (C=O) groups is 2. The molecular weight excluding hydrogens is 444 g/mol. The Morgan fingerprint density at radius 3 is 2.69 bits per heavy atom. The van der Waals surface area contributed by atoms with Crippen molar-refractivity contribution in [2.75, 3.05) is 24.4 Å². The topological polar surface area (TPSA) is 94.5 Å². The lowest BCUT2D eigenvalue weighted by atomic mass is 9.93. The van der Waals surface area contributed by atoms with Crippen molar-refractivity contribution in [2.24, 2.45) is 0 Å². The van der Waals surface area contributed by atoms with Crippen LogP contribution >= 0.6 is 0 Å². The van der Waals surface area contributed by atoms with E-state index in [-0.39, 0.29) is 5.91 Å². The third-order valence-corrected chi connectivity index (χ3v) is 6.91. The summed E-state index contributed by atoms with van der Waals surface area (Å²) in [4.78, 5) is 30.8. The van der Waals surface area contributed by atoms with Gasteiger partial charge in [0.05, 0.1) is 24.7 Å². The summed E-state index contributed by atoms with van der Waals surface area (Å²) in [5.74, 6) is -0.743. The molecule has 2 aromatic heterocycles. The van der Waals surface area contributed by atoms with Crippen LogP contribution in [0.4, 0.5) is 11.4 Å². The standard InChI is InChI=1S/C27H32N4O4/c1-34-27(33)24-23(30-26(32)22-13-7-15-35-22)21-16-20(29-19-11-5-12-19)17-28-25(21)31(24)14-6-10-18-8-3-2-4-9-18/h2-4,8-9,16-17,19,22,29H,5-7,10-15H2,1H3,(H,30,32)/t22-/m1/s1. The molecule has 1 aliphatic heterocycles. The summed E-state index contributed by atoms with van der Waals surface area (Å²) in [5, 5.41) is 7.23. The lowest BCUT2D eigenvalue weighted by Gasteiger charge is -2.27. The van der Waals surface area contributed by atoms with Crippen LogP contribution in [0.1, 0.15) is 54.6 Å². The average Bonchev–Trinajstić information content (AvgIpc) is 3.49. The number of fused-ring (bicyclic) bond motifs is 1. The first-order valence-corrected chi connectivity index (χ1v) is 12.5. The van der Waals surface area contributed by atoms with Crippen molar-refractivity contribution in [1.82, 2.24) is 9.55 Å². The van der Waals surface area contributed by atoms with Gasteiger partial charge in [0.2, 0.25) is 0 Å². The lowest BCUT2D eigenvalue weighted by Crippen LogP contribution is -2.28. The number of pyridine rings is 1. The van der Waals surface area contributed by atoms with Gasteiger partial charge in [0.1, 0.15) is 11.8 Å². The number of hydrogen-bond acceptors (Lipinski definition) is 6. The van der Waals surface area contributed by atoms with Crippen LogP contribution < -0.4 is 10.6 Å². The van der Waals surface area contributed by atoms with Crippen molar-refractivity contribution in [1.29, 1.82) is 0 Å². The number of amides is 1. The number of nitrogens with one attached hydrogen (secondary N) is 2. The molecule has 3 heterocycles. The number of anilines is 2. The molecule has 35 heavy (non-hydrogen) atoms. The quantitative estimate of drug-likeness (QED) is 0.441. The predicted molar refractivity (Wildman–Crippen MR) is 135 cm³/mol. The lowest BCUT2D eigenvalue weighted by molar-refractivity contribution is -0.124. The number of benzene rings is 1. The molecule has 3 aromatic rings. The van der Waals surface area contributed by atoms with E-state index in [9.17, 15) is 9.59 Å². The Labute approximate surface area is 205 Å². The summed E-state index contributed by atoms with van der Waals surface area (Å²) in [6.07, 6.45) is 7.97. The minimum absolute atomic E-state index is 0.242. The van der Waals surface area contributed by atoms with Gasteiger partial charge in [0, 0.05) is 24.6 Å². The summed E-state index contributed by atoms with van der Waals surface area (Å²) >= 11 is 0. The maximum atomic E-state index is 13.0. The van der Waals surface area contributed by atoms with Crippen molar-refractivity contribution in [3.8, 4) is 0 Å². The molecule has 2 aliphatic rings. The summed E-state index contributed by atoms with van der Waals surface area (Å²) < 4.78 is 12.6. The molecule has 8 nitrogen and oxygen atoms in total. The molecular formula is C27H32N4O4. The molecule has 184 valence electrons. The monoisotopic (exact) mass is 476 g/mol. The summed E-state index contributed by atoms with van der Waals surface area (Å²) in [6, 6.07) is 12.7. The predicted octanol–water partition coefficient (Wildman–Crippen LogP) is 4.54. The fourth-order valence-electron chi connectivity index (χ4n) is 4.82. The third kappa shape index (κ3) is 5.03. The number of ether oxygens (including phenoxy) is 2. The number of rotatable bonds is 9. The van der Waals surface area contributed by atoms with Gasteiger partial charge in [-0.15, -0.1) is 0 Å². The Morgan fingerprint density at radius 1 is 1.17 bits per heavy atom. The zero-order valence-electron chi connectivity index (χ0n) is 20.1. The summed E-state index contributed by atoms with van der Waals surface area (Å²) in [6.45, 7) is 1.13. The van der Waals surface area contributed by atoms with Gasteiger partial charge >= 0.3 is 5.97 Å². The number of esters is 1. The van der Waals surface area contributed by atoms with Crippen LogP contribution in [0.3, 0.4) is 0 Å². The summed E-state index contributed by atoms with van der Waals surface area (Å²) in [7, 11) is 1.36. The van der Waals surface area contributed by atoms with Gasteiger partial charge in [-0.2, -0.15) is 0 Å². The first-order chi connectivity index (χ1) is 17.1. The SMILES string of the molecule is COC(=O)c1c(NC(=O)[C@H]2CCCO2)c2cc(NC3CCC3)cnc2n1CCCc1ccccc1. The Balaban J connectivity index is 1.51. The van der Waals surface area contributed by atoms with E-state index in [1.54, 1.807) is 6.20 Å². The average molecular weight is 477 g/mol. The molecule has 1 aromatic carbocycles. The molecule has 5 rings (SSSR count). The number of aryl methyl sites for hydroxylation is 2. The molecule has 1 saturated heterocycles. The minimum Gasteiger partial charge on any atom is -0.464 e. The fourth-order valence-corrected chi connectivity index (χ4v) is 4.82. The van der Waals surface area contributed by atoms with Gasteiger partial charge in [-0.3, -0.25) is 4.79 Å². The van der Waals surface area contributed by atoms with Crippen molar-refractivity contribution in [3.05, 3.63) is 53.9 Å². The van der Waals surface area contributed by atoms with Crippen LogP contribution in [0.25, 0.3) is 11.0 Å². The van der Waals surface area contributed by atoms with Gasteiger partial charge in [-0.05, 0) is 56.6 Å². The second-order valence-electron chi connectivity index (χ2n) is 9.31. The maximum Gasteiger partial charge on any atom is 0.356 e. The van der Waals surface area contributed by atoms with Crippen LogP contribution in [0.5, 0.6) is 0 Å². The molecule has 0 bridgehead atoms. The number of methoxy groups -OCH3 is 1. The second-order valence-corrected chi connectivity index (χ2v) is 9.31. The smallest absolute Gasteiger partial charge is 0.356 e. The molecule has 2 fully saturated rings. The largest absolute Gasteiger partial charge is 0.464 e. The highest BCUT2D eigenvalue weighted by molar-refractivity contribution is 6.12. The Hall–Kier alpha value is -3.39. The number of carbonyl (C=O) groups excluding carboxylic acids is 2. The number of aromatic nitrogens is 2. The third-order valence-electron chi connectivity index (χ3n) is 6.91. The van der Waals surface area contributed by atoms with E-state index in [2.05, 4.69) is 22.8 Å². The van der Waals surface area contributed by atoms with E-state index in [1.807, 2.05) is 28.8 Å². The van der Waals surface area contributed by atoms with E-state index in [0.29, 0.717) is 42.6 Å². The van der Waals surface area contributed by atoms with Gasteiger partial charge in [-0.1, -0.05) is 30.3 Å². The van der Waals surface area contributed by atoms with E-state index in [0.717, 1.165) is 43.2 Å². The van der Waals surface area contributed by atoms with Gasteiger partial charge in [0.25, 0.3) is 5.91 Å². The Morgan fingerprint density at radius 2 is 2.00 bits per heavy atom.